The van der Waals surface area contributed by atoms with Crippen LogP contribution in [-0.2, 0) is 14.4 Å². The summed E-state index contributed by atoms with van der Waals surface area (Å²) < 4.78 is 35.8. The van der Waals surface area contributed by atoms with Gasteiger partial charge in [-0.25, -0.2) is 13.1 Å². The Bertz CT molecular complexity index is 778. The van der Waals surface area contributed by atoms with Crippen molar-refractivity contribution in [1.82, 2.24) is 4.72 Å². The molecule has 1 aromatic carbocycles. The van der Waals surface area contributed by atoms with E-state index in [4.69, 9.17) is 4.43 Å². The van der Waals surface area contributed by atoms with Gasteiger partial charge in [-0.3, -0.25) is 0 Å². The Morgan fingerprint density at radius 3 is 2.23 bits per heavy atom. The molecule has 6 heteroatoms. The molecule has 1 aliphatic rings. The number of aryl methyl sites for hydroxylation is 1. The summed E-state index contributed by atoms with van der Waals surface area (Å²) in [5.74, 6) is 0.705. The molecule has 0 saturated heterocycles. The quantitative estimate of drug-likeness (QED) is 0.309. The minimum Gasteiger partial charge on any atom is -0.417 e. The lowest BCUT2D eigenvalue weighted by atomic mass is 9.78. The molecule has 178 valence electrons. The summed E-state index contributed by atoms with van der Waals surface area (Å²) in [5, 5.41) is 0.215. The van der Waals surface area contributed by atoms with E-state index in [0.29, 0.717) is 10.8 Å². The average Bonchev–Trinajstić information content (AvgIpc) is 2.69. The van der Waals surface area contributed by atoms with Gasteiger partial charge < -0.3 is 4.43 Å². The van der Waals surface area contributed by atoms with Crippen LogP contribution in [0.15, 0.2) is 29.2 Å². The summed E-state index contributed by atoms with van der Waals surface area (Å²) in [6.07, 6.45) is 7.86. The van der Waals surface area contributed by atoms with Crippen LogP contribution >= 0.6 is 0 Å². The molecule has 0 heterocycles. The molecule has 0 aromatic heterocycles. The van der Waals surface area contributed by atoms with Crippen molar-refractivity contribution in [2.24, 2.45) is 11.8 Å². The van der Waals surface area contributed by atoms with E-state index in [9.17, 15) is 8.42 Å². The number of sulfonamides is 1. The van der Waals surface area contributed by atoms with Crippen LogP contribution in [0.5, 0.6) is 0 Å². The summed E-state index contributed by atoms with van der Waals surface area (Å²) >= 11 is 0. The highest BCUT2D eigenvalue weighted by Crippen LogP contribution is 2.37. The van der Waals surface area contributed by atoms with Gasteiger partial charge in [0.25, 0.3) is 0 Å². The molecule has 1 aromatic rings. The van der Waals surface area contributed by atoms with E-state index in [1.165, 1.54) is 19.3 Å². The van der Waals surface area contributed by atoms with Crippen molar-refractivity contribution in [2.45, 2.75) is 109 Å². The van der Waals surface area contributed by atoms with Crippen molar-refractivity contribution >= 4 is 18.3 Å². The minimum atomic E-state index is -3.52. The van der Waals surface area contributed by atoms with Crippen molar-refractivity contribution in [3.63, 3.8) is 0 Å². The van der Waals surface area contributed by atoms with Gasteiger partial charge in [0.05, 0.1) is 4.90 Å². The third-order valence-corrected chi connectivity index (χ3v) is 13.5. The van der Waals surface area contributed by atoms with Crippen LogP contribution < -0.4 is 4.72 Å². The topological polar surface area (TPSA) is 55.4 Å². The molecule has 0 radical (unpaired) electrons. The van der Waals surface area contributed by atoms with E-state index in [1.807, 2.05) is 19.1 Å². The van der Waals surface area contributed by atoms with Crippen LogP contribution in [0.4, 0.5) is 0 Å². The molecule has 1 saturated carbocycles. The lowest BCUT2D eigenvalue weighted by molar-refractivity contribution is 0.213. The first kappa shape index (κ1) is 26.6. The number of nitrogens with one attached hydrogen (secondary N) is 1. The van der Waals surface area contributed by atoms with Gasteiger partial charge in [-0.2, -0.15) is 0 Å². The molecule has 2 atom stereocenters. The van der Waals surface area contributed by atoms with Crippen molar-refractivity contribution in [3.8, 4) is 0 Å². The predicted octanol–water partition coefficient (Wildman–Crippen LogP) is 6.66. The minimum absolute atomic E-state index is 0.0144. The zero-order valence-corrected chi connectivity index (χ0v) is 22.6. The van der Waals surface area contributed by atoms with Gasteiger partial charge in [0.15, 0.2) is 8.32 Å². The molecule has 0 amide bonds. The van der Waals surface area contributed by atoms with Crippen molar-refractivity contribution in [3.05, 3.63) is 29.8 Å². The molecule has 0 spiro atoms. The number of rotatable bonds is 10. The first-order chi connectivity index (χ1) is 14.3. The van der Waals surface area contributed by atoms with Gasteiger partial charge in [-0.1, -0.05) is 64.7 Å². The molecule has 0 bridgehead atoms. The largest absolute Gasteiger partial charge is 0.417 e. The van der Waals surface area contributed by atoms with E-state index in [2.05, 4.69) is 45.5 Å². The Morgan fingerprint density at radius 1 is 1.10 bits per heavy atom. The van der Waals surface area contributed by atoms with E-state index in [0.717, 1.165) is 37.9 Å². The predicted molar refractivity (Wildman–Crippen MR) is 133 cm³/mol. The van der Waals surface area contributed by atoms with Gasteiger partial charge in [0, 0.05) is 12.6 Å². The lowest BCUT2D eigenvalue weighted by Gasteiger charge is -2.37. The Hall–Kier alpha value is -0.693. The van der Waals surface area contributed by atoms with E-state index < -0.39 is 18.3 Å². The molecule has 1 aliphatic carbocycles. The summed E-state index contributed by atoms with van der Waals surface area (Å²) in [7, 11) is -5.25. The standard InChI is InChI=1S/C25H45NO3SSi/c1-20-15-17-23(18-16-20)30(27,28)26-24(22-13-9-8-10-14-22)21(2)12-11-19-29-31(6,7)25(3,4)5/h15-18,21-22,24,26H,8-14,19H2,1-7H3. The van der Waals surface area contributed by atoms with Gasteiger partial charge in [-0.05, 0) is 74.7 Å². The molecule has 0 aliphatic heterocycles. The SMILES string of the molecule is Cc1ccc(S(=O)(=O)NC(C(C)CCCO[Si](C)(C)C(C)(C)C)C2CCCCC2)cc1. The summed E-state index contributed by atoms with van der Waals surface area (Å²) in [6.45, 7) is 16.3. The molecule has 4 nitrogen and oxygen atoms in total. The van der Waals surface area contributed by atoms with Crippen molar-refractivity contribution < 1.29 is 12.8 Å². The first-order valence-electron chi connectivity index (χ1n) is 12.1. The Balaban J connectivity index is 2.04. The van der Waals surface area contributed by atoms with Gasteiger partial charge in [0.1, 0.15) is 0 Å². The Labute approximate surface area is 192 Å². The van der Waals surface area contributed by atoms with Crippen molar-refractivity contribution in [2.75, 3.05) is 6.61 Å². The summed E-state index contributed by atoms with van der Waals surface area (Å²) in [4.78, 5) is 0.368. The average molecular weight is 468 g/mol. The number of benzene rings is 1. The van der Waals surface area contributed by atoms with Crippen LogP contribution in [0.1, 0.15) is 78.2 Å². The summed E-state index contributed by atoms with van der Waals surface area (Å²) in [5.41, 5.74) is 1.07. The lowest BCUT2D eigenvalue weighted by Crippen LogP contribution is -2.45. The normalized spacial score (nSPS) is 18.7. The highest BCUT2D eigenvalue weighted by molar-refractivity contribution is 7.89. The second-order valence-corrected chi connectivity index (χ2v) is 17.6. The first-order valence-corrected chi connectivity index (χ1v) is 16.5. The maximum Gasteiger partial charge on any atom is 0.240 e. The van der Waals surface area contributed by atoms with E-state index >= 15 is 0 Å². The van der Waals surface area contributed by atoms with Crippen molar-refractivity contribution in [1.29, 1.82) is 0 Å². The molecular formula is C25H45NO3SSi. The monoisotopic (exact) mass is 467 g/mol. The Morgan fingerprint density at radius 2 is 1.68 bits per heavy atom. The maximum absolute atomic E-state index is 13.1. The Kier molecular flexibility index (Phi) is 9.38. The fourth-order valence-corrected chi connectivity index (χ4v) is 6.76. The number of hydrogen-bond acceptors (Lipinski definition) is 3. The van der Waals surface area contributed by atoms with Crippen LogP contribution in [0.3, 0.4) is 0 Å². The van der Waals surface area contributed by atoms with Crippen LogP contribution in [0.25, 0.3) is 0 Å². The van der Waals surface area contributed by atoms with Crippen LogP contribution in [0, 0.1) is 18.8 Å². The third kappa shape index (κ3) is 7.69. The molecule has 1 fully saturated rings. The molecule has 31 heavy (non-hydrogen) atoms. The molecule has 1 N–H and O–H groups in total. The zero-order valence-electron chi connectivity index (χ0n) is 20.8. The molecule has 2 unspecified atom stereocenters. The van der Waals surface area contributed by atoms with Gasteiger partial charge in [-0.15, -0.1) is 0 Å². The fourth-order valence-electron chi connectivity index (χ4n) is 4.26. The summed E-state index contributed by atoms with van der Waals surface area (Å²) in [6, 6.07) is 7.15. The highest BCUT2D eigenvalue weighted by atomic mass is 32.2. The second-order valence-electron chi connectivity index (χ2n) is 11.1. The van der Waals surface area contributed by atoms with Gasteiger partial charge >= 0.3 is 0 Å². The van der Waals surface area contributed by atoms with Gasteiger partial charge in [0.2, 0.25) is 10.0 Å². The second kappa shape index (κ2) is 11.0. The zero-order chi connectivity index (χ0) is 23.3. The van der Waals surface area contributed by atoms with E-state index in [-0.39, 0.29) is 17.0 Å². The van der Waals surface area contributed by atoms with Crippen LogP contribution in [0.2, 0.25) is 18.1 Å². The molecule has 2 rings (SSSR count). The third-order valence-electron chi connectivity index (χ3n) is 7.47. The number of hydrogen-bond donors (Lipinski definition) is 1. The van der Waals surface area contributed by atoms with E-state index in [1.54, 1.807) is 12.1 Å². The fraction of sp³-hybridized carbons (Fsp3) is 0.760. The molecular weight excluding hydrogens is 422 g/mol. The smallest absolute Gasteiger partial charge is 0.240 e. The van der Waals surface area contributed by atoms with Crippen LogP contribution in [-0.4, -0.2) is 29.4 Å². The highest BCUT2D eigenvalue weighted by Gasteiger charge is 2.37. The maximum atomic E-state index is 13.1.